The van der Waals surface area contributed by atoms with Gasteiger partial charge in [0.25, 0.3) is 0 Å². The number of piperidine rings is 1. The molecule has 116 valence electrons. The molecule has 0 amide bonds. The molecule has 22 heavy (non-hydrogen) atoms. The van der Waals surface area contributed by atoms with Gasteiger partial charge in [0.05, 0.1) is 7.11 Å². The third-order valence-corrected chi connectivity index (χ3v) is 5.29. The number of nitrogens with zero attached hydrogens (tertiary/aromatic N) is 3. The highest BCUT2D eigenvalue weighted by atomic mass is 16.5. The highest BCUT2D eigenvalue weighted by molar-refractivity contribution is 5.94. The Morgan fingerprint density at radius 3 is 2.68 bits per heavy atom. The third kappa shape index (κ3) is 2.20. The molecule has 4 rings (SSSR count). The van der Waals surface area contributed by atoms with Gasteiger partial charge in [-0.15, -0.1) is 0 Å². The summed E-state index contributed by atoms with van der Waals surface area (Å²) in [5, 5.41) is 4.66. The number of pyridine rings is 2. The number of rotatable bonds is 2. The van der Waals surface area contributed by atoms with Gasteiger partial charge in [0.15, 0.2) is 0 Å². The van der Waals surface area contributed by atoms with Crippen LogP contribution in [0.4, 0.5) is 5.69 Å². The van der Waals surface area contributed by atoms with Gasteiger partial charge in [-0.1, -0.05) is 0 Å². The Kier molecular flexibility index (Phi) is 3.37. The van der Waals surface area contributed by atoms with Crippen molar-refractivity contribution in [3.05, 3.63) is 24.5 Å². The van der Waals surface area contributed by atoms with Gasteiger partial charge in [0, 0.05) is 43.1 Å². The second-order valence-electron chi connectivity index (χ2n) is 6.46. The maximum Gasteiger partial charge on any atom is 0.240 e. The van der Waals surface area contributed by atoms with Gasteiger partial charge in [0.1, 0.15) is 5.52 Å². The van der Waals surface area contributed by atoms with E-state index < -0.39 is 0 Å². The first-order valence-electron chi connectivity index (χ1n) is 8.05. The number of hydrogen-bond acceptors (Lipinski definition) is 5. The second kappa shape index (κ2) is 5.39. The van der Waals surface area contributed by atoms with E-state index in [4.69, 9.17) is 4.74 Å². The Morgan fingerprint density at radius 1 is 1.14 bits per heavy atom. The van der Waals surface area contributed by atoms with Crippen LogP contribution in [-0.2, 0) is 0 Å². The molecule has 5 nitrogen and oxygen atoms in total. The molecule has 4 heterocycles. The van der Waals surface area contributed by atoms with Gasteiger partial charge < -0.3 is 15.0 Å². The molecule has 0 bridgehead atoms. The van der Waals surface area contributed by atoms with Crippen LogP contribution in [0.15, 0.2) is 24.5 Å². The smallest absolute Gasteiger partial charge is 0.240 e. The standard InChI is InChI=1S/C17H22N4O/c1-22-16-15-13(2-7-20-16)14(3-8-19-15)21-10-5-17(6-11-21)4-9-18-12-17/h2-3,7-8,18H,4-6,9-12H2,1H3. The van der Waals surface area contributed by atoms with E-state index in [-0.39, 0.29) is 0 Å². The number of fused-ring (bicyclic) bond motifs is 1. The molecular weight excluding hydrogens is 276 g/mol. The first-order chi connectivity index (χ1) is 10.8. The van der Waals surface area contributed by atoms with E-state index in [2.05, 4.69) is 26.3 Å². The summed E-state index contributed by atoms with van der Waals surface area (Å²) in [5.74, 6) is 0.604. The molecule has 2 fully saturated rings. The third-order valence-electron chi connectivity index (χ3n) is 5.29. The van der Waals surface area contributed by atoms with Crippen molar-refractivity contribution in [2.24, 2.45) is 5.41 Å². The zero-order valence-electron chi connectivity index (χ0n) is 13.0. The molecule has 5 heteroatoms. The van der Waals surface area contributed by atoms with E-state index in [1.165, 1.54) is 38.0 Å². The summed E-state index contributed by atoms with van der Waals surface area (Å²) >= 11 is 0. The number of ether oxygens (including phenoxy) is 1. The fourth-order valence-electron chi connectivity index (χ4n) is 3.91. The molecule has 2 saturated heterocycles. The van der Waals surface area contributed by atoms with E-state index in [0.717, 1.165) is 24.0 Å². The van der Waals surface area contributed by atoms with Crippen LogP contribution in [0.1, 0.15) is 19.3 Å². The van der Waals surface area contributed by atoms with Crippen molar-refractivity contribution in [2.75, 3.05) is 38.2 Å². The molecule has 0 radical (unpaired) electrons. The topological polar surface area (TPSA) is 50.3 Å². The average molecular weight is 298 g/mol. The minimum Gasteiger partial charge on any atom is -0.479 e. The summed E-state index contributed by atoms with van der Waals surface area (Å²) in [6.45, 7) is 4.60. The van der Waals surface area contributed by atoms with Crippen LogP contribution in [0, 0.1) is 5.41 Å². The molecule has 0 aliphatic carbocycles. The van der Waals surface area contributed by atoms with E-state index >= 15 is 0 Å². The molecule has 2 aliphatic heterocycles. The summed E-state index contributed by atoms with van der Waals surface area (Å²) in [6, 6.07) is 4.16. The number of aromatic nitrogens is 2. The van der Waals surface area contributed by atoms with Crippen LogP contribution in [0.2, 0.25) is 0 Å². The number of nitrogens with one attached hydrogen (secondary N) is 1. The second-order valence-corrected chi connectivity index (χ2v) is 6.46. The molecule has 0 atom stereocenters. The first-order valence-corrected chi connectivity index (χ1v) is 8.05. The number of hydrogen-bond donors (Lipinski definition) is 1. The first kappa shape index (κ1) is 13.8. The maximum atomic E-state index is 5.35. The van der Waals surface area contributed by atoms with Crippen LogP contribution in [0.3, 0.4) is 0 Å². The SMILES string of the molecule is COc1nccc2c(N3CCC4(CCNC4)CC3)ccnc12. The van der Waals surface area contributed by atoms with Crippen molar-refractivity contribution in [1.29, 1.82) is 0 Å². The maximum absolute atomic E-state index is 5.35. The highest BCUT2D eigenvalue weighted by Crippen LogP contribution is 2.39. The van der Waals surface area contributed by atoms with Crippen molar-refractivity contribution >= 4 is 16.6 Å². The van der Waals surface area contributed by atoms with Gasteiger partial charge in [-0.3, -0.25) is 4.98 Å². The van der Waals surface area contributed by atoms with Crippen molar-refractivity contribution in [1.82, 2.24) is 15.3 Å². The Bertz CT molecular complexity index is 671. The van der Waals surface area contributed by atoms with Gasteiger partial charge >= 0.3 is 0 Å². The van der Waals surface area contributed by atoms with E-state index in [1.54, 1.807) is 13.3 Å². The molecule has 0 unspecified atom stereocenters. The zero-order chi connectivity index (χ0) is 15.0. The van der Waals surface area contributed by atoms with E-state index in [1.807, 2.05) is 12.3 Å². The van der Waals surface area contributed by atoms with Crippen molar-refractivity contribution in [3.8, 4) is 5.88 Å². The lowest BCUT2D eigenvalue weighted by molar-refractivity contribution is 0.247. The summed E-state index contributed by atoms with van der Waals surface area (Å²) in [4.78, 5) is 11.2. The molecule has 2 aromatic heterocycles. The Hall–Kier alpha value is -1.88. The normalized spacial score (nSPS) is 20.7. The fraction of sp³-hybridized carbons (Fsp3) is 0.529. The quantitative estimate of drug-likeness (QED) is 0.921. The molecule has 0 aromatic carbocycles. The van der Waals surface area contributed by atoms with Crippen molar-refractivity contribution in [2.45, 2.75) is 19.3 Å². The van der Waals surface area contributed by atoms with Crippen LogP contribution in [-0.4, -0.2) is 43.3 Å². The summed E-state index contributed by atoms with van der Waals surface area (Å²) in [5.41, 5.74) is 2.65. The van der Waals surface area contributed by atoms with Gasteiger partial charge in [-0.05, 0) is 43.4 Å². The zero-order valence-corrected chi connectivity index (χ0v) is 13.0. The van der Waals surface area contributed by atoms with E-state index in [0.29, 0.717) is 11.3 Å². The van der Waals surface area contributed by atoms with Gasteiger partial charge in [-0.2, -0.15) is 0 Å². The minimum absolute atomic E-state index is 0.540. The average Bonchev–Trinajstić information content (AvgIpc) is 3.03. The van der Waals surface area contributed by atoms with Crippen LogP contribution < -0.4 is 15.0 Å². The molecule has 2 aliphatic rings. The minimum atomic E-state index is 0.540. The Labute approximate surface area is 130 Å². The van der Waals surface area contributed by atoms with Gasteiger partial charge in [0.2, 0.25) is 5.88 Å². The summed E-state index contributed by atoms with van der Waals surface area (Å²) in [7, 11) is 1.65. The number of anilines is 1. The van der Waals surface area contributed by atoms with Crippen molar-refractivity contribution < 1.29 is 4.74 Å². The molecule has 1 spiro atoms. The number of methoxy groups -OCH3 is 1. The van der Waals surface area contributed by atoms with Gasteiger partial charge in [-0.25, -0.2) is 4.98 Å². The molecule has 2 aromatic rings. The summed E-state index contributed by atoms with van der Waals surface area (Å²) < 4.78 is 5.35. The lowest BCUT2D eigenvalue weighted by Crippen LogP contribution is -2.41. The predicted octanol–water partition coefficient (Wildman–Crippen LogP) is 2.22. The Balaban J connectivity index is 1.65. The monoisotopic (exact) mass is 298 g/mol. The van der Waals surface area contributed by atoms with Crippen molar-refractivity contribution in [3.63, 3.8) is 0 Å². The highest BCUT2D eigenvalue weighted by Gasteiger charge is 2.37. The van der Waals surface area contributed by atoms with Crippen LogP contribution >= 0.6 is 0 Å². The van der Waals surface area contributed by atoms with E-state index in [9.17, 15) is 0 Å². The fourth-order valence-corrected chi connectivity index (χ4v) is 3.91. The lowest BCUT2D eigenvalue weighted by atomic mass is 9.77. The molecular formula is C17H22N4O. The molecule has 0 saturated carbocycles. The lowest BCUT2D eigenvalue weighted by Gasteiger charge is -2.40. The summed E-state index contributed by atoms with van der Waals surface area (Å²) in [6.07, 6.45) is 7.54. The predicted molar refractivity (Wildman–Crippen MR) is 87.5 cm³/mol. The Morgan fingerprint density at radius 2 is 1.95 bits per heavy atom. The molecule has 1 N–H and O–H groups in total. The van der Waals surface area contributed by atoms with Crippen LogP contribution in [0.5, 0.6) is 5.88 Å². The van der Waals surface area contributed by atoms with Crippen LogP contribution in [0.25, 0.3) is 10.9 Å². The largest absolute Gasteiger partial charge is 0.479 e.